The Balaban J connectivity index is 0. The number of rotatable bonds is 1. The third-order valence-electron chi connectivity index (χ3n) is 0.243. The van der Waals surface area contributed by atoms with E-state index in [0.29, 0.717) is 0 Å². The molecule has 0 saturated carbocycles. The maximum Gasteiger partial charge on any atom is 0.104 e. The zero-order chi connectivity index (χ0) is 4.28. The highest BCUT2D eigenvalue weighted by molar-refractivity contribution is 5.85. The Morgan fingerprint density at radius 2 is 2.00 bits per heavy atom. The summed E-state index contributed by atoms with van der Waals surface area (Å²) in [5.74, 6) is 0. The van der Waals surface area contributed by atoms with Gasteiger partial charge in [-0.25, -0.2) is 4.39 Å². The van der Waals surface area contributed by atoms with Gasteiger partial charge in [-0.05, 0) is 6.92 Å². The summed E-state index contributed by atoms with van der Waals surface area (Å²) >= 11 is 0. The van der Waals surface area contributed by atoms with Gasteiger partial charge in [-0.15, -0.1) is 12.4 Å². The van der Waals surface area contributed by atoms with Gasteiger partial charge in [0, 0.05) is 6.04 Å². The molecule has 0 rings (SSSR count). The number of hydrogen-bond donors (Lipinski definition) is 1. The van der Waals surface area contributed by atoms with Crippen LogP contribution in [0.15, 0.2) is 0 Å². The molecule has 0 aromatic carbocycles. The van der Waals surface area contributed by atoms with Crippen molar-refractivity contribution in [2.75, 3.05) is 6.67 Å². The molecule has 0 spiro atoms. The lowest BCUT2D eigenvalue weighted by atomic mass is 10.4. The van der Waals surface area contributed by atoms with Crippen molar-refractivity contribution < 1.29 is 4.39 Å². The normalized spacial score (nSPS) is 12.5. The summed E-state index contributed by atoms with van der Waals surface area (Å²) in [6.45, 7) is 1.21. The molecule has 0 aromatic heterocycles. The van der Waals surface area contributed by atoms with E-state index in [1.165, 1.54) is 0 Å². The quantitative estimate of drug-likeness (QED) is 0.533. The minimum atomic E-state index is -0.417. The van der Waals surface area contributed by atoms with Crippen LogP contribution in [-0.4, -0.2) is 12.7 Å². The third kappa shape index (κ3) is 8.89. The van der Waals surface area contributed by atoms with Gasteiger partial charge >= 0.3 is 0 Å². The Morgan fingerprint density at radius 1 is 1.83 bits per heavy atom. The van der Waals surface area contributed by atoms with E-state index in [4.69, 9.17) is 5.73 Å². The van der Waals surface area contributed by atoms with E-state index >= 15 is 0 Å². The summed E-state index contributed by atoms with van der Waals surface area (Å²) in [6, 6.07) is -0.282. The van der Waals surface area contributed by atoms with Gasteiger partial charge < -0.3 is 5.73 Å². The van der Waals surface area contributed by atoms with Crippen LogP contribution in [0, 0.1) is 0 Å². The largest absolute Gasteiger partial charge is 0.326 e. The van der Waals surface area contributed by atoms with Crippen molar-refractivity contribution >= 4 is 12.4 Å². The summed E-state index contributed by atoms with van der Waals surface area (Å²) in [6.07, 6.45) is 0. The molecule has 3 heteroatoms. The Hall–Kier alpha value is 0.180. The van der Waals surface area contributed by atoms with E-state index < -0.39 is 6.67 Å². The van der Waals surface area contributed by atoms with Gasteiger partial charge in [-0.2, -0.15) is 0 Å². The standard InChI is InChI=1S/C3H8FN.ClH/c1-3(5)2-4;/h3H,2,5H2,1H3;1H. The molecule has 0 aromatic rings. The molecule has 0 aliphatic carbocycles. The lowest BCUT2D eigenvalue weighted by Crippen LogP contribution is -2.16. The van der Waals surface area contributed by atoms with E-state index in [-0.39, 0.29) is 18.4 Å². The SMILES string of the molecule is CC(N)CF.Cl. The molecule has 0 aliphatic rings. The van der Waals surface area contributed by atoms with Gasteiger partial charge in [0.25, 0.3) is 0 Å². The van der Waals surface area contributed by atoms with E-state index in [0.717, 1.165) is 0 Å². The van der Waals surface area contributed by atoms with Gasteiger partial charge in [0.2, 0.25) is 0 Å². The molecule has 0 aliphatic heterocycles. The third-order valence-corrected chi connectivity index (χ3v) is 0.243. The second kappa shape index (κ2) is 5.18. The molecule has 0 heterocycles. The van der Waals surface area contributed by atoms with Crippen molar-refractivity contribution in [2.45, 2.75) is 13.0 Å². The van der Waals surface area contributed by atoms with Gasteiger partial charge in [0.15, 0.2) is 0 Å². The monoisotopic (exact) mass is 113 g/mol. The van der Waals surface area contributed by atoms with Crippen molar-refractivity contribution in [3.05, 3.63) is 0 Å². The molecule has 0 bridgehead atoms. The summed E-state index contributed by atoms with van der Waals surface area (Å²) < 4.78 is 11.0. The van der Waals surface area contributed by atoms with Gasteiger partial charge in [-0.3, -0.25) is 0 Å². The summed E-state index contributed by atoms with van der Waals surface area (Å²) in [5.41, 5.74) is 4.92. The Kier molecular flexibility index (Phi) is 8.19. The molecule has 0 radical (unpaired) electrons. The predicted molar refractivity (Wildman–Crippen MR) is 26.9 cm³/mol. The summed E-state index contributed by atoms with van der Waals surface area (Å²) in [7, 11) is 0. The van der Waals surface area contributed by atoms with Crippen molar-refractivity contribution in [1.82, 2.24) is 0 Å². The number of nitrogens with two attached hydrogens (primary N) is 1. The molecular formula is C3H9ClFN. The highest BCUT2D eigenvalue weighted by Gasteiger charge is 1.83. The van der Waals surface area contributed by atoms with Gasteiger partial charge in [0.1, 0.15) is 6.67 Å². The van der Waals surface area contributed by atoms with Crippen molar-refractivity contribution in [2.24, 2.45) is 5.73 Å². The zero-order valence-corrected chi connectivity index (χ0v) is 4.46. The molecule has 40 valence electrons. The number of halogens is 2. The van der Waals surface area contributed by atoms with Crippen LogP contribution in [0.3, 0.4) is 0 Å². The van der Waals surface area contributed by atoms with Crippen LogP contribution in [0.25, 0.3) is 0 Å². The Morgan fingerprint density at radius 3 is 2.00 bits per heavy atom. The predicted octanol–water partition coefficient (Wildman–Crippen LogP) is 0.725. The second-order valence-electron chi connectivity index (χ2n) is 1.13. The Bertz CT molecular complexity index is 24.8. The first-order valence-electron chi connectivity index (χ1n) is 1.59. The van der Waals surface area contributed by atoms with Crippen molar-refractivity contribution in [3.63, 3.8) is 0 Å². The summed E-state index contributed by atoms with van der Waals surface area (Å²) in [5, 5.41) is 0. The van der Waals surface area contributed by atoms with Crippen LogP contribution in [0.2, 0.25) is 0 Å². The molecule has 1 unspecified atom stereocenters. The minimum Gasteiger partial charge on any atom is -0.326 e. The van der Waals surface area contributed by atoms with E-state index in [2.05, 4.69) is 0 Å². The molecule has 2 N–H and O–H groups in total. The highest BCUT2D eigenvalue weighted by atomic mass is 35.5. The van der Waals surface area contributed by atoms with Crippen LogP contribution in [0.4, 0.5) is 4.39 Å². The van der Waals surface area contributed by atoms with Gasteiger partial charge in [0.05, 0.1) is 0 Å². The van der Waals surface area contributed by atoms with Crippen LogP contribution >= 0.6 is 12.4 Å². The topological polar surface area (TPSA) is 26.0 Å². The van der Waals surface area contributed by atoms with Crippen molar-refractivity contribution in [3.8, 4) is 0 Å². The van der Waals surface area contributed by atoms with Crippen LogP contribution < -0.4 is 5.73 Å². The molecule has 1 atom stereocenters. The Labute approximate surface area is 43.1 Å². The summed E-state index contributed by atoms with van der Waals surface area (Å²) in [4.78, 5) is 0. The van der Waals surface area contributed by atoms with Gasteiger partial charge in [-0.1, -0.05) is 0 Å². The second-order valence-corrected chi connectivity index (χ2v) is 1.13. The first kappa shape index (κ1) is 9.49. The number of alkyl halides is 1. The molecular weight excluding hydrogens is 104 g/mol. The van der Waals surface area contributed by atoms with E-state index in [9.17, 15) is 4.39 Å². The fourth-order valence-electron chi connectivity index (χ4n) is 0. The van der Waals surface area contributed by atoms with Crippen molar-refractivity contribution in [1.29, 1.82) is 0 Å². The smallest absolute Gasteiger partial charge is 0.104 e. The average Bonchev–Trinajstić information content (AvgIpc) is 1.38. The lowest BCUT2D eigenvalue weighted by molar-refractivity contribution is 0.445. The first-order valence-corrected chi connectivity index (χ1v) is 1.59. The molecule has 0 amide bonds. The fraction of sp³-hybridized carbons (Fsp3) is 1.00. The van der Waals surface area contributed by atoms with E-state index in [1.807, 2.05) is 0 Å². The lowest BCUT2D eigenvalue weighted by Gasteiger charge is -1.88. The molecule has 6 heavy (non-hydrogen) atoms. The number of hydrogen-bond acceptors (Lipinski definition) is 1. The maximum absolute atomic E-state index is 11.0. The minimum absolute atomic E-state index is 0. The highest BCUT2D eigenvalue weighted by Crippen LogP contribution is 1.70. The van der Waals surface area contributed by atoms with Crippen LogP contribution in [0.5, 0.6) is 0 Å². The zero-order valence-electron chi connectivity index (χ0n) is 3.65. The fourth-order valence-corrected chi connectivity index (χ4v) is 0. The van der Waals surface area contributed by atoms with E-state index in [1.54, 1.807) is 6.92 Å². The first-order chi connectivity index (χ1) is 2.27. The maximum atomic E-state index is 11.0. The molecule has 1 nitrogen and oxygen atoms in total. The average molecular weight is 114 g/mol. The van der Waals surface area contributed by atoms with Crippen LogP contribution in [-0.2, 0) is 0 Å². The van der Waals surface area contributed by atoms with Crippen LogP contribution in [0.1, 0.15) is 6.92 Å². The molecule has 0 fully saturated rings. The molecule has 0 saturated heterocycles.